The molecule has 1 spiro atoms. The van der Waals surface area contributed by atoms with Crippen molar-refractivity contribution in [2.75, 3.05) is 19.0 Å². The molecular formula is C50H41N3O7. The lowest BCUT2D eigenvalue weighted by Gasteiger charge is -2.46. The van der Waals surface area contributed by atoms with E-state index in [0.29, 0.717) is 33.7 Å². The number of ether oxygens (including phenoxy) is 2. The first-order valence-electron chi connectivity index (χ1n) is 19.8. The third-order valence-corrected chi connectivity index (χ3v) is 11.9. The molecular weight excluding hydrogens is 755 g/mol. The molecule has 6 aromatic carbocycles. The van der Waals surface area contributed by atoms with Gasteiger partial charge in [0, 0.05) is 23.4 Å². The SMILES string of the molecule is COc1ccc(C#Cc2ccc3c(c2)[C@@]2(C(=O)N3)C(C(=O)NC[C@H](O)c3ccccc3)[C@@H]3C(=O)O[C@@H](c4ccccc4)[C@@H](c4ccccc4)N3[C@H]2c2ccc(O)cc2)cc1. The highest BCUT2D eigenvalue weighted by atomic mass is 16.6. The zero-order chi connectivity index (χ0) is 41.4. The van der Waals surface area contributed by atoms with Crippen LogP contribution in [0.4, 0.5) is 5.69 Å². The molecule has 3 aliphatic heterocycles. The van der Waals surface area contributed by atoms with E-state index in [1.165, 1.54) is 0 Å². The standard InChI is InChI=1S/C50H41N3O7/c1-59-38-26-19-31(20-27-38)17-18-32-21-28-40-39(29-32)50(49(58)52-40)42(47(56)51-30-41(55)33-11-5-2-6-12-33)44-48(57)60-45(35-15-9-4-10-16-35)43(34-13-7-3-8-14-34)53(44)46(50)36-22-24-37(54)25-23-36/h2-16,19-29,41-46,54-55H,30H2,1H3,(H,51,56)(H,52,58)/t41-,42?,43+,44+,45-,46-,50+/m0/s1. The summed E-state index contributed by atoms with van der Waals surface area (Å²) in [7, 11) is 1.60. The molecule has 9 rings (SSSR count). The number of nitrogens with zero attached hydrogens (tertiary/aromatic N) is 1. The second-order valence-corrected chi connectivity index (χ2v) is 15.2. The van der Waals surface area contributed by atoms with Crippen molar-refractivity contribution < 1.29 is 34.1 Å². The van der Waals surface area contributed by atoms with Crippen LogP contribution in [0.1, 0.15) is 63.2 Å². The fourth-order valence-electron chi connectivity index (χ4n) is 9.25. The van der Waals surface area contributed by atoms with Crippen molar-refractivity contribution in [2.24, 2.45) is 5.92 Å². The van der Waals surface area contributed by atoms with Crippen molar-refractivity contribution in [1.29, 1.82) is 0 Å². The van der Waals surface area contributed by atoms with Crippen LogP contribution in [0.15, 0.2) is 158 Å². The molecule has 10 heteroatoms. The summed E-state index contributed by atoms with van der Waals surface area (Å²) in [6.07, 6.45) is -1.90. The largest absolute Gasteiger partial charge is 0.508 e. The average molecular weight is 796 g/mol. The van der Waals surface area contributed by atoms with Crippen molar-refractivity contribution >= 4 is 23.5 Å². The Bertz CT molecular complexity index is 2610. The van der Waals surface area contributed by atoms with Crippen molar-refractivity contribution in [3.63, 3.8) is 0 Å². The molecule has 0 aliphatic carbocycles. The zero-order valence-electron chi connectivity index (χ0n) is 32.6. The molecule has 10 nitrogen and oxygen atoms in total. The fourth-order valence-corrected chi connectivity index (χ4v) is 9.25. The first-order chi connectivity index (χ1) is 29.3. The number of nitrogens with one attached hydrogen (secondary N) is 2. The molecule has 298 valence electrons. The van der Waals surface area contributed by atoms with Gasteiger partial charge < -0.3 is 30.3 Å². The normalized spacial score (nSPS) is 23.3. The number of fused-ring (bicyclic) bond motifs is 3. The van der Waals surface area contributed by atoms with Gasteiger partial charge >= 0.3 is 5.97 Å². The van der Waals surface area contributed by atoms with Crippen molar-refractivity contribution in [3.8, 4) is 23.3 Å². The van der Waals surface area contributed by atoms with Gasteiger partial charge in [0.25, 0.3) is 0 Å². The molecule has 1 unspecified atom stereocenters. The Labute approximate surface area is 347 Å². The molecule has 3 heterocycles. The molecule has 2 saturated heterocycles. The summed E-state index contributed by atoms with van der Waals surface area (Å²) in [6, 6.07) is 44.4. The lowest BCUT2D eigenvalue weighted by Crippen LogP contribution is -2.55. The van der Waals surface area contributed by atoms with Gasteiger partial charge in [-0.2, -0.15) is 0 Å². The van der Waals surface area contributed by atoms with Gasteiger partial charge in [-0.15, -0.1) is 0 Å². The number of amides is 2. The van der Waals surface area contributed by atoms with Gasteiger partial charge in [0.2, 0.25) is 11.8 Å². The number of rotatable bonds is 8. The number of anilines is 1. The molecule has 2 amide bonds. The van der Waals surface area contributed by atoms with Crippen LogP contribution < -0.4 is 15.4 Å². The van der Waals surface area contributed by atoms with Gasteiger partial charge in [-0.1, -0.05) is 115 Å². The van der Waals surface area contributed by atoms with Crippen LogP contribution in [0.25, 0.3) is 0 Å². The predicted molar refractivity (Wildman–Crippen MR) is 225 cm³/mol. The highest BCUT2D eigenvalue weighted by molar-refractivity contribution is 6.12. The van der Waals surface area contributed by atoms with Gasteiger partial charge in [0.15, 0.2) is 0 Å². The summed E-state index contributed by atoms with van der Waals surface area (Å²) in [4.78, 5) is 47.6. The number of phenols is 1. The van der Waals surface area contributed by atoms with Gasteiger partial charge in [-0.25, -0.2) is 0 Å². The third kappa shape index (κ3) is 6.64. The van der Waals surface area contributed by atoms with E-state index in [2.05, 4.69) is 22.5 Å². The Morgan fingerprint density at radius 3 is 2.07 bits per heavy atom. The monoisotopic (exact) mass is 795 g/mol. The number of aromatic hydroxyl groups is 1. The van der Waals surface area contributed by atoms with Crippen molar-refractivity contribution in [2.45, 2.75) is 35.7 Å². The van der Waals surface area contributed by atoms with Gasteiger partial charge in [-0.3, -0.25) is 19.3 Å². The second kappa shape index (κ2) is 15.9. The Balaban J connectivity index is 1.27. The van der Waals surface area contributed by atoms with E-state index in [9.17, 15) is 15.0 Å². The molecule has 0 aromatic heterocycles. The Morgan fingerprint density at radius 1 is 0.783 bits per heavy atom. The molecule has 6 aromatic rings. The number of hydrogen-bond acceptors (Lipinski definition) is 8. The second-order valence-electron chi connectivity index (χ2n) is 15.2. The van der Waals surface area contributed by atoms with Crippen LogP contribution in [-0.2, 0) is 24.5 Å². The summed E-state index contributed by atoms with van der Waals surface area (Å²) in [5, 5.41) is 27.8. The maximum Gasteiger partial charge on any atom is 0.324 e. The van der Waals surface area contributed by atoms with E-state index in [0.717, 1.165) is 16.7 Å². The molecule has 3 aliphatic rings. The summed E-state index contributed by atoms with van der Waals surface area (Å²) < 4.78 is 11.8. The minimum atomic E-state index is -1.76. The smallest absolute Gasteiger partial charge is 0.324 e. The number of esters is 1. The van der Waals surface area contributed by atoms with Crippen LogP contribution >= 0.6 is 0 Å². The molecule has 0 saturated carbocycles. The number of carbonyl (C=O) groups is 3. The Kier molecular flexibility index (Phi) is 10.1. The van der Waals surface area contributed by atoms with Crippen LogP contribution in [0.2, 0.25) is 0 Å². The number of phenolic OH excluding ortho intramolecular Hbond substituents is 1. The Hall–Kier alpha value is -7.19. The van der Waals surface area contributed by atoms with Crippen LogP contribution in [0, 0.1) is 17.8 Å². The highest BCUT2D eigenvalue weighted by Gasteiger charge is 2.74. The number of methoxy groups -OCH3 is 1. The van der Waals surface area contributed by atoms with E-state index >= 15 is 9.59 Å². The molecule has 2 fully saturated rings. The van der Waals surface area contributed by atoms with Crippen LogP contribution in [0.5, 0.6) is 11.5 Å². The summed E-state index contributed by atoms with van der Waals surface area (Å²) in [5.41, 5.74) is 3.27. The first-order valence-corrected chi connectivity index (χ1v) is 19.8. The minimum Gasteiger partial charge on any atom is -0.508 e. The maximum absolute atomic E-state index is 15.4. The number of hydrogen-bond donors (Lipinski definition) is 4. The average Bonchev–Trinajstić information content (AvgIpc) is 3.77. The minimum absolute atomic E-state index is 0.0127. The Morgan fingerprint density at radius 2 is 1.40 bits per heavy atom. The highest BCUT2D eigenvalue weighted by Crippen LogP contribution is 2.64. The zero-order valence-corrected chi connectivity index (χ0v) is 32.6. The van der Waals surface area contributed by atoms with Crippen molar-refractivity contribution in [3.05, 3.63) is 197 Å². The summed E-state index contributed by atoms with van der Waals surface area (Å²) >= 11 is 0. The van der Waals surface area contributed by atoms with Gasteiger partial charge in [0.05, 0.1) is 31.2 Å². The van der Waals surface area contributed by atoms with Crippen LogP contribution in [0.3, 0.4) is 0 Å². The topological polar surface area (TPSA) is 137 Å². The maximum atomic E-state index is 15.4. The lowest BCUT2D eigenvalue weighted by atomic mass is 9.65. The van der Waals surface area contributed by atoms with E-state index in [-0.39, 0.29) is 12.3 Å². The molecule has 7 atom stereocenters. The molecule has 0 bridgehead atoms. The summed E-state index contributed by atoms with van der Waals surface area (Å²) in [6.45, 7) is -0.183. The van der Waals surface area contributed by atoms with E-state index < -0.39 is 59.5 Å². The van der Waals surface area contributed by atoms with E-state index in [1.54, 1.807) is 61.7 Å². The number of carbonyl (C=O) groups excluding carboxylic acids is 3. The number of aliphatic hydroxyl groups is 1. The van der Waals surface area contributed by atoms with Crippen LogP contribution in [-0.4, -0.2) is 52.6 Å². The number of morpholine rings is 1. The first kappa shape index (κ1) is 38.3. The third-order valence-electron chi connectivity index (χ3n) is 11.9. The number of cyclic esters (lactones) is 1. The predicted octanol–water partition coefficient (Wildman–Crippen LogP) is 6.92. The van der Waals surface area contributed by atoms with E-state index in [1.807, 2.05) is 108 Å². The van der Waals surface area contributed by atoms with E-state index in [4.69, 9.17) is 9.47 Å². The quantitative estimate of drug-likeness (QED) is 0.0963. The number of benzene rings is 6. The molecule has 0 radical (unpaired) electrons. The molecule has 60 heavy (non-hydrogen) atoms. The lowest BCUT2D eigenvalue weighted by molar-refractivity contribution is -0.178. The van der Waals surface area contributed by atoms with Crippen molar-refractivity contribution in [1.82, 2.24) is 10.2 Å². The fraction of sp³-hybridized carbons (Fsp3) is 0.180. The van der Waals surface area contributed by atoms with Gasteiger partial charge in [-0.05, 0) is 82.4 Å². The van der Waals surface area contributed by atoms with Gasteiger partial charge in [0.1, 0.15) is 29.1 Å². The molecule has 4 N–H and O–H groups in total. The summed E-state index contributed by atoms with van der Waals surface area (Å²) in [5.74, 6) is 4.03. The number of aliphatic hydroxyl groups excluding tert-OH is 1.